The van der Waals surface area contributed by atoms with Crippen LogP contribution >= 0.6 is 0 Å². The van der Waals surface area contributed by atoms with Gasteiger partial charge in [-0.05, 0) is 91.9 Å². The van der Waals surface area contributed by atoms with Crippen LogP contribution in [0, 0.1) is 0 Å². The van der Waals surface area contributed by atoms with E-state index in [-0.39, 0.29) is 11.8 Å². The number of nitrogens with zero attached hydrogens (tertiary/aromatic N) is 2. The summed E-state index contributed by atoms with van der Waals surface area (Å²) in [7, 11) is 0. The molecule has 0 aliphatic carbocycles. The van der Waals surface area contributed by atoms with E-state index >= 15 is 0 Å². The Kier molecular flexibility index (Phi) is 5.23. The van der Waals surface area contributed by atoms with Gasteiger partial charge in [-0.25, -0.2) is 0 Å². The minimum Gasteiger partial charge on any atom is -0.457 e. The normalized spacial score (nSPS) is 15.2. The quantitative estimate of drug-likeness (QED) is 0.421. The standard InChI is InChI=1S/C29H30N2O3/c1-18(2)19-7-6-8-24(13-19)34-23-11-9-22(10-12-23)30-16-20-14-25-26(15-21(20)17-30)28(33)31(27(25)32)29(3,4)5/h6-15,18H,16-17H2,1-5H3. The maximum absolute atomic E-state index is 12.9. The molecular formula is C29H30N2O3. The Bertz CT molecular complexity index is 1240. The maximum Gasteiger partial charge on any atom is 0.262 e. The van der Waals surface area contributed by atoms with Gasteiger partial charge in [0.15, 0.2) is 0 Å². The number of rotatable bonds is 4. The van der Waals surface area contributed by atoms with Gasteiger partial charge in [-0.1, -0.05) is 26.0 Å². The molecule has 2 heterocycles. The highest BCUT2D eigenvalue weighted by Crippen LogP contribution is 2.36. The minimum absolute atomic E-state index is 0.197. The summed E-state index contributed by atoms with van der Waals surface area (Å²) >= 11 is 0. The van der Waals surface area contributed by atoms with Gasteiger partial charge in [0.05, 0.1) is 11.1 Å². The van der Waals surface area contributed by atoms with Crippen LogP contribution in [0.4, 0.5) is 5.69 Å². The fourth-order valence-corrected chi connectivity index (χ4v) is 4.73. The maximum atomic E-state index is 12.9. The molecule has 2 amide bonds. The number of benzene rings is 3. The van der Waals surface area contributed by atoms with Gasteiger partial charge in [-0.3, -0.25) is 14.5 Å². The summed E-state index contributed by atoms with van der Waals surface area (Å²) in [6.07, 6.45) is 0. The molecule has 5 rings (SSSR count). The minimum atomic E-state index is -0.538. The first-order valence-electron chi connectivity index (χ1n) is 11.8. The van der Waals surface area contributed by atoms with E-state index in [2.05, 4.69) is 43.0 Å². The van der Waals surface area contributed by atoms with Crippen LogP contribution in [0.25, 0.3) is 0 Å². The molecule has 3 aromatic carbocycles. The van der Waals surface area contributed by atoms with Crippen molar-refractivity contribution >= 4 is 17.5 Å². The van der Waals surface area contributed by atoms with E-state index in [1.807, 2.05) is 57.2 Å². The molecule has 34 heavy (non-hydrogen) atoms. The third kappa shape index (κ3) is 3.85. The zero-order chi connectivity index (χ0) is 24.2. The summed E-state index contributed by atoms with van der Waals surface area (Å²) in [6.45, 7) is 11.4. The summed E-state index contributed by atoms with van der Waals surface area (Å²) in [5, 5.41) is 0. The zero-order valence-electron chi connectivity index (χ0n) is 20.4. The fourth-order valence-electron chi connectivity index (χ4n) is 4.73. The lowest BCUT2D eigenvalue weighted by Gasteiger charge is -2.29. The van der Waals surface area contributed by atoms with Crippen molar-refractivity contribution in [1.29, 1.82) is 0 Å². The molecule has 0 N–H and O–H groups in total. The zero-order valence-corrected chi connectivity index (χ0v) is 20.4. The number of amides is 2. The first-order valence-corrected chi connectivity index (χ1v) is 11.8. The Labute approximate surface area is 201 Å². The van der Waals surface area contributed by atoms with Gasteiger partial charge in [-0.2, -0.15) is 0 Å². The highest BCUT2D eigenvalue weighted by atomic mass is 16.5. The largest absolute Gasteiger partial charge is 0.457 e. The molecule has 0 saturated heterocycles. The highest BCUT2D eigenvalue weighted by Gasteiger charge is 2.42. The van der Waals surface area contributed by atoms with Crippen molar-refractivity contribution in [3.8, 4) is 11.5 Å². The van der Waals surface area contributed by atoms with Crippen LogP contribution in [0.1, 0.15) is 77.9 Å². The smallest absolute Gasteiger partial charge is 0.262 e. The third-order valence-corrected chi connectivity index (χ3v) is 6.56. The predicted octanol–water partition coefficient (Wildman–Crippen LogP) is 6.52. The van der Waals surface area contributed by atoms with Gasteiger partial charge < -0.3 is 9.64 Å². The summed E-state index contributed by atoms with van der Waals surface area (Å²) < 4.78 is 6.07. The monoisotopic (exact) mass is 454 g/mol. The number of ether oxygens (including phenoxy) is 1. The number of anilines is 1. The number of hydrogen-bond donors (Lipinski definition) is 0. The number of hydrogen-bond acceptors (Lipinski definition) is 4. The van der Waals surface area contributed by atoms with E-state index in [0.29, 0.717) is 30.1 Å². The van der Waals surface area contributed by atoms with Crippen molar-refractivity contribution in [1.82, 2.24) is 4.90 Å². The lowest BCUT2D eigenvalue weighted by molar-refractivity contribution is 0.0507. The SMILES string of the molecule is CC(C)c1cccc(Oc2ccc(N3Cc4cc5c(cc4C3)C(=O)N(C(C)(C)C)C5=O)cc2)c1. The summed E-state index contributed by atoms with van der Waals surface area (Å²) in [5.41, 5.74) is 5.03. The highest BCUT2D eigenvalue weighted by molar-refractivity contribution is 6.22. The molecule has 0 radical (unpaired) electrons. The van der Waals surface area contributed by atoms with Gasteiger partial charge in [0.1, 0.15) is 11.5 Å². The molecule has 5 heteroatoms. The molecule has 2 aliphatic heterocycles. The van der Waals surface area contributed by atoms with E-state index < -0.39 is 5.54 Å². The summed E-state index contributed by atoms with van der Waals surface area (Å²) in [4.78, 5) is 29.5. The topological polar surface area (TPSA) is 49.9 Å². The van der Waals surface area contributed by atoms with E-state index in [4.69, 9.17) is 4.74 Å². The predicted molar refractivity (Wildman–Crippen MR) is 134 cm³/mol. The Morgan fingerprint density at radius 3 is 1.91 bits per heavy atom. The molecule has 0 aromatic heterocycles. The van der Waals surface area contributed by atoms with Crippen molar-refractivity contribution in [2.24, 2.45) is 0 Å². The first-order chi connectivity index (χ1) is 16.1. The van der Waals surface area contributed by atoms with E-state index in [9.17, 15) is 9.59 Å². The fraction of sp³-hybridized carbons (Fsp3) is 0.310. The van der Waals surface area contributed by atoms with Crippen LogP contribution in [-0.2, 0) is 13.1 Å². The number of imide groups is 1. The molecule has 0 bridgehead atoms. The third-order valence-electron chi connectivity index (χ3n) is 6.56. The van der Waals surface area contributed by atoms with Crippen LogP contribution in [0.15, 0.2) is 60.7 Å². The van der Waals surface area contributed by atoms with Gasteiger partial charge in [0, 0.05) is 24.3 Å². The van der Waals surface area contributed by atoms with Crippen molar-refractivity contribution < 1.29 is 14.3 Å². The first kappa shape index (κ1) is 22.2. The molecule has 2 aliphatic rings. The van der Waals surface area contributed by atoms with E-state index in [1.165, 1.54) is 10.5 Å². The second kappa shape index (κ2) is 8.01. The Balaban J connectivity index is 1.32. The summed E-state index contributed by atoms with van der Waals surface area (Å²) in [6, 6.07) is 20.1. The Morgan fingerprint density at radius 2 is 1.38 bits per heavy atom. The average Bonchev–Trinajstić information content (AvgIpc) is 3.31. The van der Waals surface area contributed by atoms with Gasteiger partial charge in [0.2, 0.25) is 0 Å². The van der Waals surface area contributed by atoms with Crippen molar-refractivity contribution in [2.75, 3.05) is 4.90 Å². The lowest BCUT2D eigenvalue weighted by Crippen LogP contribution is -2.45. The van der Waals surface area contributed by atoms with Gasteiger partial charge in [-0.15, -0.1) is 0 Å². The molecule has 5 nitrogen and oxygen atoms in total. The molecule has 174 valence electrons. The molecule has 0 unspecified atom stereocenters. The molecule has 3 aromatic rings. The number of carbonyl (C=O) groups excluding carboxylic acids is 2. The molecule has 0 fully saturated rings. The van der Waals surface area contributed by atoms with Crippen molar-refractivity contribution in [3.63, 3.8) is 0 Å². The molecule has 0 atom stereocenters. The number of carbonyl (C=O) groups is 2. The Hall–Kier alpha value is -3.60. The van der Waals surface area contributed by atoms with E-state index in [0.717, 1.165) is 28.3 Å². The van der Waals surface area contributed by atoms with Crippen molar-refractivity contribution in [2.45, 2.75) is 59.2 Å². The Morgan fingerprint density at radius 1 is 0.794 bits per heavy atom. The van der Waals surface area contributed by atoms with Crippen molar-refractivity contribution in [3.05, 3.63) is 88.5 Å². The second-order valence-corrected chi connectivity index (χ2v) is 10.5. The molecular weight excluding hydrogens is 424 g/mol. The van der Waals surface area contributed by atoms with Crippen LogP contribution in [-0.4, -0.2) is 22.3 Å². The van der Waals surface area contributed by atoms with Crippen LogP contribution in [0.2, 0.25) is 0 Å². The lowest BCUT2D eigenvalue weighted by atomic mass is 10.0. The van der Waals surface area contributed by atoms with Crippen LogP contribution in [0.3, 0.4) is 0 Å². The van der Waals surface area contributed by atoms with Gasteiger partial charge in [0.25, 0.3) is 11.8 Å². The number of fused-ring (bicyclic) bond motifs is 2. The van der Waals surface area contributed by atoms with E-state index in [1.54, 1.807) is 0 Å². The molecule has 0 saturated carbocycles. The van der Waals surface area contributed by atoms with Crippen LogP contribution in [0.5, 0.6) is 11.5 Å². The molecule has 0 spiro atoms. The summed E-state index contributed by atoms with van der Waals surface area (Å²) in [5.74, 6) is 1.68. The van der Waals surface area contributed by atoms with Crippen LogP contribution < -0.4 is 9.64 Å². The average molecular weight is 455 g/mol. The second-order valence-electron chi connectivity index (χ2n) is 10.5. The van der Waals surface area contributed by atoms with Gasteiger partial charge >= 0.3 is 0 Å².